The van der Waals surface area contributed by atoms with Gasteiger partial charge in [0.1, 0.15) is 0 Å². The van der Waals surface area contributed by atoms with Gasteiger partial charge in [-0.25, -0.2) is 0 Å². The molecule has 0 aromatic rings. The van der Waals surface area contributed by atoms with Crippen LogP contribution >= 0.6 is 0 Å². The van der Waals surface area contributed by atoms with Crippen LogP contribution in [0.15, 0.2) is 0 Å². The Balaban J connectivity index is 0. The first-order valence-electron chi connectivity index (χ1n) is 6.94. The Morgan fingerprint density at radius 3 is 1.62 bits per heavy atom. The summed E-state index contributed by atoms with van der Waals surface area (Å²) >= 11 is 0. The number of hydrogen-bond acceptors (Lipinski definition) is 0. The molecule has 0 aliphatic carbocycles. The standard InChI is InChI=1S/C14H32N.ClH/c1-5-7-9-10-11-12-14-15(3,4)13-8-6-2;/h5-14H2,1-4H3;1H/q+1;/p-1. The Hall–Kier alpha value is 0.250. The number of hydrogen-bond donors (Lipinski definition) is 0. The highest BCUT2D eigenvalue weighted by atomic mass is 35.5. The summed E-state index contributed by atoms with van der Waals surface area (Å²) in [6, 6.07) is 0. The monoisotopic (exact) mass is 249 g/mol. The quantitative estimate of drug-likeness (QED) is 0.404. The normalized spacial score (nSPS) is 11.2. The van der Waals surface area contributed by atoms with Crippen molar-refractivity contribution in [3.63, 3.8) is 0 Å². The Bertz CT molecular complexity index is 135. The molecule has 0 heterocycles. The maximum absolute atomic E-state index is 2.38. The van der Waals surface area contributed by atoms with Crippen molar-refractivity contribution in [2.24, 2.45) is 0 Å². The van der Waals surface area contributed by atoms with Crippen molar-refractivity contribution in [1.82, 2.24) is 0 Å². The van der Waals surface area contributed by atoms with E-state index in [9.17, 15) is 0 Å². The average molecular weight is 250 g/mol. The fourth-order valence-corrected chi connectivity index (χ4v) is 2.02. The van der Waals surface area contributed by atoms with Crippen LogP contribution in [0.3, 0.4) is 0 Å². The summed E-state index contributed by atoms with van der Waals surface area (Å²) in [6.45, 7) is 7.28. The molecule has 0 amide bonds. The first-order valence-corrected chi connectivity index (χ1v) is 6.94. The molecule has 0 bridgehead atoms. The van der Waals surface area contributed by atoms with Gasteiger partial charge < -0.3 is 16.9 Å². The van der Waals surface area contributed by atoms with E-state index in [-0.39, 0.29) is 12.4 Å². The van der Waals surface area contributed by atoms with E-state index in [4.69, 9.17) is 0 Å². The molecule has 0 atom stereocenters. The third-order valence-electron chi connectivity index (χ3n) is 3.23. The van der Waals surface area contributed by atoms with Gasteiger partial charge in [-0.3, -0.25) is 0 Å². The third-order valence-corrected chi connectivity index (χ3v) is 3.23. The number of unbranched alkanes of at least 4 members (excludes halogenated alkanes) is 6. The van der Waals surface area contributed by atoms with Crippen LogP contribution in [0.5, 0.6) is 0 Å². The molecule has 0 aromatic carbocycles. The van der Waals surface area contributed by atoms with Gasteiger partial charge in [-0.1, -0.05) is 46.0 Å². The first kappa shape index (κ1) is 18.6. The fraction of sp³-hybridized carbons (Fsp3) is 1.00. The molecule has 0 spiro atoms. The van der Waals surface area contributed by atoms with Gasteiger partial charge in [0.15, 0.2) is 0 Å². The highest BCUT2D eigenvalue weighted by Gasteiger charge is 2.12. The van der Waals surface area contributed by atoms with Crippen molar-refractivity contribution in [3.05, 3.63) is 0 Å². The lowest BCUT2D eigenvalue weighted by Gasteiger charge is -2.29. The molecular formula is C14H32ClN. The summed E-state index contributed by atoms with van der Waals surface area (Å²) in [4.78, 5) is 0. The minimum atomic E-state index is 0. The van der Waals surface area contributed by atoms with Crippen LogP contribution in [0, 0.1) is 0 Å². The second-order valence-corrected chi connectivity index (χ2v) is 5.50. The smallest absolute Gasteiger partial charge is 0.0782 e. The van der Waals surface area contributed by atoms with Crippen LogP contribution in [-0.2, 0) is 0 Å². The van der Waals surface area contributed by atoms with E-state index in [0.29, 0.717) is 0 Å². The maximum Gasteiger partial charge on any atom is 0.0782 e. The minimum absolute atomic E-state index is 0. The zero-order valence-corrected chi connectivity index (χ0v) is 12.7. The van der Waals surface area contributed by atoms with E-state index >= 15 is 0 Å². The van der Waals surface area contributed by atoms with Crippen LogP contribution in [0.25, 0.3) is 0 Å². The van der Waals surface area contributed by atoms with E-state index < -0.39 is 0 Å². The lowest BCUT2D eigenvalue weighted by molar-refractivity contribution is -0.890. The molecule has 0 rings (SSSR count). The Morgan fingerprint density at radius 2 is 1.06 bits per heavy atom. The van der Waals surface area contributed by atoms with Crippen molar-refractivity contribution in [1.29, 1.82) is 0 Å². The number of quaternary nitrogens is 1. The number of nitrogens with zero attached hydrogens (tertiary/aromatic N) is 1. The van der Waals surface area contributed by atoms with E-state index in [2.05, 4.69) is 27.9 Å². The van der Waals surface area contributed by atoms with Crippen molar-refractivity contribution in [3.8, 4) is 0 Å². The summed E-state index contributed by atoms with van der Waals surface area (Å²) in [5.41, 5.74) is 0. The van der Waals surface area contributed by atoms with Gasteiger partial charge in [-0.15, -0.1) is 0 Å². The molecule has 0 saturated carbocycles. The summed E-state index contributed by atoms with van der Waals surface area (Å²) < 4.78 is 1.22. The molecule has 0 N–H and O–H groups in total. The van der Waals surface area contributed by atoms with Gasteiger partial charge in [0.05, 0.1) is 27.2 Å². The highest BCUT2D eigenvalue weighted by Crippen LogP contribution is 2.09. The maximum atomic E-state index is 2.38. The van der Waals surface area contributed by atoms with E-state index in [1.807, 2.05) is 0 Å². The molecule has 100 valence electrons. The molecule has 0 aromatic heterocycles. The summed E-state index contributed by atoms with van der Waals surface area (Å²) in [5.74, 6) is 0. The zero-order chi connectivity index (χ0) is 11.6. The second-order valence-electron chi connectivity index (χ2n) is 5.50. The molecule has 0 radical (unpaired) electrons. The molecule has 0 aliphatic heterocycles. The van der Waals surface area contributed by atoms with Crippen LogP contribution in [0.2, 0.25) is 0 Å². The van der Waals surface area contributed by atoms with E-state index in [1.54, 1.807) is 0 Å². The van der Waals surface area contributed by atoms with Crippen LogP contribution in [0.1, 0.15) is 65.2 Å². The Morgan fingerprint density at radius 1 is 0.625 bits per heavy atom. The van der Waals surface area contributed by atoms with Gasteiger partial charge in [0, 0.05) is 0 Å². The largest absolute Gasteiger partial charge is 1.00 e. The van der Waals surface area contributed by atoms with Gasteiger partial charge >= 0.3 is 0 Å². The van der Waals surface area contributed by atoms with Crippen molar-refractivity contribution < 1.29 is 16.9 Å². The summed E-state index contributed by atoms with van der Waals surface area (Å²) in [6.07, 6.45) is 11.2. The van der Waals surface area contributed by atoms with Crippen molar-refractivity contribution in [2.45, 2.75) is 65.2 Å². The predicted molar refractivity (Wildman–Crippen MR) is 70.1 cm³/mol. The second kappa shape index (κ2) is 11.7. The molecule has 0 unspecified atom stereocenters. The first-order chi connectivity index (χ1) is 7.12. The van der Waals surface area contributed by atoms with Gasteiger partial charge in [0.25, 0.3) is 0 Å². The Kier molecular flexibility index (Phi) is 13.6. The van der Waals surface area contributed by atoms with Crippen LogP contribution < -0.4 is 12.4 Å². The van der Waals surface area contributed by atoms with E-state index in [0.717, 1.165) is 0 Å². The molecule has 0 aliphatic rings. The predicted octanol–water partition coefficient (Wildman–Crippen LogP) is 1.23. The lowest BCUT2D eigenvalue weighted by Crippen LogP contribution is -3.00. The molecular weight excluding hydrogens is 218 g/mol. The van der Waals surface area contributed by atoms with Gasteiger partial charge in [-0.05, 0) is 19.3 Å². The summed E-state index contributed by atoms with van der Waals surface area (Å²) in [7, 11) is 4.75. The third kappa shape index (κ3) is 12.3. The van der Waals surface area contributed by atoms with E-state index in [1.165, 1.54) is 68.9 Å². The molecule has 1 nitrogen and oxygen atoms in total. The molecule has 2 heteroatoms. The SMILES string of the molecule is CCCCCCCC[N+](C)(C)CCCC.[Cl-]. The van der Waals surface area contributed by atoms with Gasteiger partial charge in [-0.2, -0.15) is 0 Å². The summed E-state index contributed by atoms with van der Waals surface area (Å²) in [5, 5.41) is 0. The molecule has 0 saturated heterocycles. The number of rotatable bonds is 10. The lowest BCUT2D eigenvalue weighted by atomic mass is 10.1. The zero-order valence-electron chi connectivity index (χ0n) is 11.9. The van der Waals surface area contributed by atoms with Crippen molar-refractivity contribution >= 4 is 0 Å². The Labute approximate surface area is 110 Å². The topological polar surface area (TPSA) is 0 Å². The fourth-order valence-electron chi connectivity index (χ4n) is 2.02. The molecule has 16 heavy (non-hydrogen) atoms. The minimum Gasteiger partial charge on any atom is -1.00 e. The van der Waals surface area contributed by atoms with Crippen LogP contribution in [0.4, 0.5) is 0 Å². The average Bonchev–Trinajstić information content (AvgIpc) is 2.20. The highest BCUT2D eigenvalue weighted by molar-refractivity contribution is 4.44. The van der Waals surface area contributed by atoms with Crippen molar-refractivity contribution in [2.75, 3.05) is 27.2 Å². The molecule has 0 fully saturated rings. The number of halogens is 1. The van der Waals surface area contributed by atoms with Crippen LogP contribution in [-0.4, -0.2) is 31.7 Å². The van der Waals surface area contributed by atoms with Gasteiger partial charge in [0.2, 0.25) is 0 Å².